The molecule has 1 amide bonds. The Morgan fingerprint density at radius 2 is 2.13 bits per heavy atom. The molecule has 0 aromatic carbocycles. The quantitative estimate of drug-likeness (QED) is 0.583. The molecule has 8 heteroatoms. The van der Waals surface area contributed by atoms with Crippen LogP contribution in [0.1, 0.15) is 43.5 Å². The van der Waals surface area contributed by atoms with E-state index in [4.69, 9.17) is 0 Å². The Morgan fingerprint density at radius 1 is 1.48 bits per heavy atom. The van der Waals surface area contributed by atoms with E-state index in [1.807, 2.05) is 0 Å². The normalized spacial score (nSPS) is 16.5. The van der Waals surface area contributed by atoms with Crippen LogP contribution in [0, 0.1) is 29.9 Å². The molecule has 2 N–H and O–H groups in total. The molecule has 0 aliphatic heterocycles. The van der Waals surface area contributed by atoms with Crippen molar-refractivity contribution in [1.29, 1.82) is 0 Å². The first-order valence-electron chi connectivity index (χ1n) is 8.03. The maximum absolute atomic E-state index is 11.9. The van der Waals surface area contributed by atoms with Crippen molar-refractivity contribution in [2.24, 2.45) is 5.92 Å². The van der Waals surface area contributed by atoms with Gasteiger partial charge in [0.05, 0.1) is 17.6 Å². The molecule has 1 fully saturated rings. The summed E-state index contributed by atoms with van der Waals surface area (Å²) in [5.41, 5.74) is 0.804. The van der Waals surface area contributed by atoms with Gasteiger partial charge in [-0.3, -0.25) is 19.6 Å². The molecule has 1 saturated carbocycles. The van der Waals surface area contributed by atoms with E-state index >= 15 is 0 Å². The minimum absolute atomic E-state index is 0.00191. The van der Waals surface area contributed by atoms with E-state index in [2.05, 4.69) is 10.4 Å². The van der Waals surface area contributed by atoms with E-state index in [0.29, 0.717) is 11.4 Å². The maximum atomic E-state index is 11.9. The van der Waals surface area contributed by atoms with Crippen LogP contribution >= 0.6 is 0 Å². The lowest BCUT2D eigenvalue weighted by molar-refractivity contribution is -0.386. The number of rotatable bonds is 7. The lowest BCUT2D eigenvalue weighted by Crippen LogP contribution is -2.36. The van der Waals surface area contributed by atoms with Gasteiger partial charge in [-0.2, -0.15) is 5.10 Å². The van der Waals surface area contributed by atoms with Gasteiger partial charge >= 0.3 is 5.69 Å². The van der Waals surface area contributed by atoms with Crippen molar-refractivity contribution in [3.63, 3.8) is 0 Å². The largest absolute Gasteiger partial charge is 0.391 e. The third kappa shape index (κ3) is 4.28. The van der Waals surface area contributed by atoms with Crippen LogP contribution < -0.4 is 5.32 Å². The minimum atomic E-state index is -0.490. The van der Waals surface area contributed by atoms with E-state index in [1.165, 1.54) is 4.68 Å². The summed E-state index contributed by atoms with van der Waals surface area (Å²) in [5, 5.41) is 27.8. The molecule has 1 aliphatic rings. The van der Waals surface area contributed by atoms with Crippen LogP contribution in [0.5, 0.6) is 0 Å². The Kier molecular flexibility index (Phi) is 5.70. The molecule has 0 bridgehead atoms. The Balaban J connectivity index is 1.80. The van der Waals surface area contributed by atoms with Crippen molar-refractivity contribution >= 4 is 11.6 Å². The standard InChI is InChI=1S/C15H24N4O4/c1-10-15(19(22)23)11(2)18(17-10)8-7-14(21)16-9-13(20)12-5-3-4-6-12/h12-13,20H,3-9H2,1-2H3,(H,16,21). The Hall–Kier alpha value is -1.96. The molecular weight excluding hydrogens is 300 g/mol. The van der Waals surface area contributed by atoms with E-state index in [1.54, 1.807) is 13.8 Å². The highest BCUT2D eigenvalue weighted by molar-refractivity contribution is 5.75. The van der Waals surface area contributed by atoms with Crippen LogP contribution in [0.3, 0.4) is 0 Å². The number of aromatic nitrogens is 2. The molecule has 1 unspecified atom stereocenters. The summed E-state index contributed by atoms with van der Waals surface area (Å²) in [7, 11) is 0. The number of hydrogen-bond acceptors (Lipinski definition) is 5. The lowest BCUT2D eigenvalue weighted by atomic mass is 10.0. The second kappa shape index (κ2) is 7.54. The van der Waals surface area contributed by atoms with Gasteiger partial charge in [-0.15, -0.1) is 0 Å². The Bertz CT molecular complexity index is 578. The first-order chi connectivity index (χ1) is 10.9. The number of aliphatic hydroxyl groups excluding tert-OH is 1. The number of aryl methyl sites for hydroxylation is 2. The summed E-state index contributed by atoms with van der Waals surface area (Å²) in [5.74, 6) is 0.103. The molecule has 0 spiro atoms. The van der Waals surface area contributed by atoms with Crippen molar-refractivity contribution in [2.75, 3.05) is 6.54 Å². The molecule has 0 radical (unpaired) electrons. The predicted octanol–water partition coefficient (Wildman–Crippen LogP) is 1.47. The van der Waals surface area contributed by atoms with Gasteiger partial charge in [0, 0.05) is 13.0 Å². The number of amides is 1. The average molecular weight is 324 g/mol. The number of nitrogens with one attached hydrogen (secondary N) is 1. The maximum Gasteiger partial charge on any atom is 0.312 e. The minimum Gasteiger partial charge on any atom is -0.391 e. The van der Waals surface area contributed by atoms with Crippen LogP contribution in [0.2, 0.25) is 0 Å². The third-order valence-corrected chi connectivity index (χ3v) is 4.53. The van der Waals surface area contributed by atoms with Gasteiger partial charge in [0.2, 0.25) is 5.91 Å². The summed E-state index contributed by atoms with van der Waals surface area (Å²) in [6.45, 7) is 3.76. The number of nitro groups is 1. The first kappa shape index (κ1) is 17.4. The molecular formula is C15H24N4O4. The predicted molar refractivity (Wildman–Crippen MR) is 83.9 cm³/mol. The van der Waals surface area contributed by atoms with Gasteiger partial charge in [-0.25, -0.2) is 0 Å². The number of carbonyl (C=O) groups excluding carboxylic acids is 1. The zero-order valence-electron chi connectivity index (χ0n) is 13.6. The van der Waals surface area contributed by atoms with Crippen LogP contribution in [0.25, 0.3) is 0 Å². The highest BCUT2D eigenvalue weighted by atomic mass is 16.6. The van der Waals surface area contributed by atoms with Crippen molar-refractivity contribution < 1.29 is 14.8 Å². The van der Waals surface area contributed by atoms with Crippen LogP contribution in [0.4, 0.5) is 5.69 Å². The van der Waals surface area contributed by atoms with Gasteiger partial charge in [0.15, 0.2) is 0 Å². The zero-order valence-corrected chi connectivity index (χ0v) is 13.6. The summed E-state index contributed by atoms with van der Waals surface area (Å²) in [4.78, 5) is 22.4. The second-order valence-electron chi connectivity index (χ2n) is 6.17. The van der Waals surface area contributed by atoms with E-state index in [0.717, 1.165) is 25.7 Å². The van der Waals surface area contributed by atoms with Crippen LogP contribution in [-0.2, 0) is 11.3 Å². The topological polar surface area (TPSA) is 110 Å². The fourth-order valence-electron chi connectivity index (χ4n) is 3.19. The molecule has 1 aromatic heterocycles. The molecule has 1 aromatic rings. The summed E-state index contributed by atoms with van der Waals surface area (Å²) >= 11 is 0. The first-order valence-corrected chi connectivity index (χ1v) is 8.03. The lowest BCUT2D eigenvalue weighted by Gasteiger charge is -2.18. The highest BCUT2D eigenvalue weighted by Gasteiger charge is 2.24. The number of carbonyl (C=O) groups is 1. The molecule has 1 atom stereocenters. The zero-order chi connectivity index (χ0) is 17.0. The van der Waals surface area contributed by atoms with E-state index in [9.17, 15) is 20.0 Å². The smallest absolute Gasteiger partial charge is 0.312 e. The van der Waals surface area contributed by atoms with Gasteiger partial charge in [-0.05, 0) is 32.6 Å². The molecule has 1 heterocycles. The van der Waals surface area contributed by atoms with Crippen molar-refractivity contribution in [2.45, 2.75) is 58.6 Å². The number of hydrogen-bond donors (Lipinski definition) is 2. The van der Waals surface area contributed by atoms with E-state index in [-0.39, 0.29) is 37.0 Å². The van der Waals surface area contributed by atoms with Crippen LogP contribution in [0.15, 0.2) is 0 Å². The Morgan fingerprint density at radius 3 is 2.70 bits per heavy atom. The van der Waals surface area contributed by atoms with E-state index < -0.39 is 11.0 Å². The number of aliphatic hydroxyl groups is 1. The molecule has 1 aliphatic carbocycles. The molecule has 128 valence electrons. The highest BCUT2D eigenvalue weighted by Crippen LogP contribution is 2.27. The summed E-state index contributed by atoms with van der Waals surface area (Å²) in [6, 6.07) is 0. The Labute approximate surface area is 135 Å². The van der Waals surface area contributed by atoms with Gasteiger partial charge in [-0.1, -0.05) is 12.8 Å². The van der Waals surface area contributed by atoms with Gasteiger partial charge < -0.3 is 10.4 Å². The fourth-order valence-corrected chi connectivity index (χ4v) is 3.19. The average Bonchev–Trinajstić information content (AvgIpc) is 3.11. The SMILES string of the molecule is Cc1nn(CCC(=O)NCC(O)C2CCCC2)c(C)c1[N+](=O)[O-]. The van der Waals surface area contributed by atoms with Crippen LogP contribution in [-0.4, -0.2) is 38.4 Å². The van der Waals surface area contributed by atoms with Crippen molar-refractivity contribution in [1.82, 2.24) is 15.1 Å². The summed E-state index contributed by atoms with van der Waals surface area (Å²) < 4.78 is 1.49. The molecule has 0 saturated heterocycles. The monoisotopic (exact) mass is 324 g/mol. The van der Waals surface area contributed by atoms with Crippen molar-refractivity contribution in [3.8, 4) is 0 Å². The third-order valence-electron chi connectivity index (χ3n) is 4.53. The fraction of sp³-hybridized carbons (Fsp3) is 0.733. The molecule has 23 heavy (non-hydrogen) atoms. The molecule has 8 nitrogen and oxygen atoms in total. The number of nitrogens with zero attached hydrogens (tertiary/aromatic N) is 3. The molecule has 2 rings (SSSR count). The summed E-state index contributed by atoms with van der Waals surface area (Å²) in [6.07, 6.45) is 4.02. The van der Waals surface area contributed by atoms with Gasteiger partial charge in [0.25, 0.3) is 0 Å². The van der Waals surface area contributed by atoms with Crippen molar-refractivity contribution in [3.05, 3.63) is 21.5 Å². The second-order valence-corrected chi connectivity index (χ2v) is 6.17. The van der Waals surface area contributed by atoms with Gasteiger partial charge in [0.1, 0.15) is 11.4 Å².